The zero-order valence-corrected chi connectivity index (χ0v) is 19.9. The summed E-state index contributed by atoms with van der Waals surface area (Å²) in [5.74, 6) is 0.613. The third-order valence-corrected chi connectivity index (χ3v) is 6.51. The van der Waals surface area contributed by atoms with Crippen LogP contribution in [0.3, 0.4) is 0 Å². The van der Waals surface area contributed by atoms with Crippen LogP contribution in [-0.4, -0.2) is 36.8 Å². The van der Waals surface area contributed by atoms with Gasteiger partial charge in [0.15, 0.2) is 5.11 Å². The molecule has 0 aliphatic carbocycles. The number of thiocarbonyl (C=S) groups is 1. The largest absolute Gasteiger partial charge is 0.495 e. The van der Waals surface area contributed by atoms with Crippen molar-refractivity contribution < 1.29 is 4.74 Å². The zero-order chi connectivity index (χ0) is 23.1. The minimum Gasteiger partial charge on any atom is -0.495 e. The van der Waals surface area contributed by atoms with Crippen molar-refractivity contribution in [2.45, 2.75) is 25.9 Å². The lowest BCUT2D eigenvalue weighted by molar-refractivity contribution is 0.415. The summed E-state index contributed by atoms with van der Waals surface area (Å²) in [5, 5.41) is 12.5. The molecular weight excluding hydrogens is 458 g/mol. The van der Waals surface area contributed by atoms with E-state index in [-0.39, 0.29) is 12.1 Å². The van der Waals surface area contributed by atoms with Crippen LogP contribution in [0.1, 0.15) is 34.7 Å². The van der Waals surface area contributed by atoms with E-state index in [1.807, 2.05) is 41.1 Å². The Morgan fingerprint density at radius 1 is 1.09 bits per heavy atom. The normalized spacial score (nSPS) is 17.9. The zero-order valence-electron chi connectivity index (χ0n) is 18.3. The van der Waals surface area contributed by atoms with Crippen molar-refractivity contribution in [3.8, 4) is 5.75 Å². The number of benzene rings is 1. The van der Waals surface area contributed by atoms with Gasteiger partial charge in [0.25, 0.3) is 0 Å². The lowest BCUT2D eigenvalue weighted by atomic mass is 9.96. The van der Waals surface area contributed by atoms with Gasteiger partial charge in [0.2, 0.25) is 0 Å². The predicted octanol–water partition coefficient (Wildman–Crippen LogP) is 4.24. The second kappa shape index (κ2) is 8.49. The fourth-order valence-corrected chi connectivity index (χ4v) is 5.08. The van der Waals surface area contributed by atoms with Crippen molar-refractivity contribution in [2.24, 2.45) is 0 Å². The number of halogens is 1. The topological polar surface area (TPSA) is 73.0 Å². The quantitative estimate of drug-likeness (QED) is 0.429. The summed E-state index contributed by atoms with van der Waals surface area (Å²) in [5.41, 5.74) is 4.98. The molecule has 1 aliphatic heterocycles. The molecule has 1 aliphatic rings. The highest BCUT2D eigenvalue weighted by atomic mass is 35.5. The van der Waals surface area contributed by atoms with Crippen LogP contribution < -0.4 is 15.0 Å². The third-order valence-electron chi connectivity index (χ3n) is 5.90. The molecule has 1 fully saturated rings. The van der Waals surface area contributed by atoms with E-state index in [1.54, 1.807) is 26.0 Å². The van der Waals surface area contributed by atoms with Gasteiger partial charge in [-0.3, -0.25) is 9.66 Å². The number of rotatable bonds is 5. The van der Waals surface area contributed by atoms with E-state index in [0.29, 0.717) is 15.9 Å². The number of pyridine rings is 1. The van der Waals surface area contributed by atoms with E-state index in [4.69, 9.17) is 28.6 Å². The fraction of sp³-hybridized carbons (Fsp3) is 0.217. The third kappa shape index (κ3) is 3.63. The molecule has 0 amide bonds. The van der Waals surface area contributed by atoms with Crippen LogP contribution in [-0.2, 0) is 0 Å². The van der Waals surface area contributed by atoms with Gasteiger partial charge in [0.1, 0.15) is 18.4 Å². The molecule has 3 aromatic heterocycles. The summed E-state index contributed by atoms with van der Waals surface area (Å²) < 4.78 is 9.28. The van der Waals surface area contributed by atoms with Crippen molar-refractivity contribution in [1.29, 1.82) is 0 Å². The average Bonchev–Trinajstić information content (AvgIpc) is 3.52. The molecule has 0 unspecified atom stereocenters. The Morgan fingerprint density at radius 3 is 2.55 bits per heavy atom. The van der Waals surface area contributed by atoms with Crippen LogP contribution in [0.4, 0.5) is 5.69 Å². The molecule has 1 aromatic carbocycles. The van der Waals surface area contributed by atoms with Crippen LogP contribution >= 0.6 is 23.8 Å². The number of hydrogen-bond donors (Lipinski definition) is 1. The smallest absolute Gasteiger partial charge is 0.174 e. The molecule has 0 saturated carbocycles. The molecule has 5 rings (SSSR count). The first kappa shape index (κ1) is 21.4. The molecule has 0 radical (unpaired) electrons. The van der Waals surface area contributed by atoms with Gasteiger partial charge in [0.05, 0.1) is 29.9 Å². The molecule has 1 N–H and O–H groups in total. The molecule has 8 nitrogen and oxygen atoms in total. The van der Waals surface area contributed by atoms with Gasteiger partial charge in [-0.05, 0) is 62.5 Å². The van der Waals surface area contributed by atoms with Crippen LogP contribution in [0, 0.1) is 13.8 Å². The van der Waals surface area contributed by atoms with Gasteiger partial charge in [-0.2, -0.15) is 0 Å². The van der Waals surface area contributed by atoms with E-state index in [0.717, 1.165) is 28.3 Å². The number of nitrogens with one attached hydrogen (secondary N) is 1. The maximum absolute atomic E-state index is 6.48. The average molecular weight is 480 g/mol. The summed E-state index contributed by atoms with van der Waals surface area (Å²) in [6, 6.07) is 13.4. The number of ether oxygens (including phenoxy) is 1. The number of aromatic nitrogens is 5. The van der Waals surface area contributed by atoms with Gasteiger partial charge in [0, 0.05) is 28.8 Å². The van der Waals surface area contributed by atoms with Gasteiger partial charge in [-0.1, -0.05) is 17.7 Å². The Morgan fingerprint density at radius 2 is 1.88 bits per heavy atom. The van der Waals surface area contributed by atoms with Gasteiger partial charge in [-0.15, -0.1) is 10.2 Å². The number of methoxy groups -OCH3 is 1. The van der Waals surface area contributed by atoms with Crippen LogP contribution in [0.5, 0.6) is 5.75 Å². The first-order valence-electron chi connectivity index (χ1n) is 10.4. The number of hydrogen-bond acceptors (Lipinski definition) is 5. The molecular formula is C23H22ClN7OS. The minimum atomic E-state index is -0.159. The molecule has 0 spiro atoms. The van der Waals surface area contributed by atoms with Crippen molar-refractivity contribution in [3.63, 3.8) is 0 Å². The molecule has 4 aromatic rings. The van der Waals surface area contributed by atoms with E-state index in [9.17, 15) is 0 Å². The monoisotopic (exact) mass is 479 g/mol. The molecule has 2 atom stereocenters. The van der Waals surface area contributed by atoms with Crippen molar-refractivity contribution >= 4 is 34.6 Å². The molecule has 10 heteroatoms. The standard InChI is InChI=1S/C23H22ClN7OS/c1-14-10-17(15(2)31(14)29-12-26-27-13-29)22-21(19-6-4-5-9-25-19)28-23(33)30(22)16-7-8-20(32-3)18(24)11-16/h4-13,21-22H,1-3H3,(H,28,33)/t21-,22-/m1/s1. The maximum atomic E-state index is 6.48. The van der Waals surface area contributed by atoms with Crippen LogP contribution in [0.25, 0.3) is 0 Å². The van der Waals surface area contributed by atoms with Crippen molar-refractivity contribution in [3.05, 3.63) is 89.0 Å². The number of aryl methyl sites for hydroxylation is 1. The molecule has 4 heterocycles. The first-order chi connectivity index (χ1) is 16.0. The highest BCUT2D eigenvalue weighted by Gasteiger charge is 2.42. The molecule has 168 valence electrons. The van der Waals surface area contributed by atoms with E-state index in [1.165, 1.54) is 0 Å². The van der Waals surface area contributed by atoms with E-state index >= 15 is 0 Å². The van der Waals surface area contributed by atoms with E-state index in [2.05, 4.69) is 50.0 Å². The number of nitrogens with zero attached hydrogens (tertiary/aromatic N) is 6. The second-order valence-corrected chi connectivity index (χ2v) is 8.59. The van der Waals surface area contributed by atoms with Crippen LogP contribution in [0.2, 0.25) is 5.02 Å². The Kier molecular flexibility index (Phi) is 5.51. The highest BCUT2D eigenvalue weighted by molar-refractivity contribution is 7.80. The van der Waals surface area contributed by atoms with Crippen LogP contribution in [0.15, 0.2) is 61.3 Å². The van der Waals surface area contributed by atoms with Gasteiger partial charge >= 0.3 is 0 Å². The summed E-state index contributed by atoms with van der Waals surface area (Å²) in [7, 11) is 1.60. The van der Waals surface area contributed by atoms with Gasteiger partial charge in [-0.25, -0.2) is 4.68 Å². The summed E-state index contributed by atoms with van der Waals surface area (Å²) in [6.45, 7) is 4.14. The Labute approximate surface area is 201 Å². The van der Waals surface area contributed by atoms with E-state index < -0.39 is 0 Å². The highest BCUT2D eigenvalue weighted by Crippen LogP contribution is 2.44. The van der Waals surface area contributed by atoms with Crippen molar-refractivity contribution in [2.75, 3.05) is 12.0 Å². The maximum Gasteiger partial charge on any atom is 0.174 e. The Bertz CT molecular complexity index is 1310. The molecule has 0 bridgehead atoms. The first-order valence-corrected chi connectivity index (χ1v) is 11.2. The van der Waals surface area contributed by atoms with Gasteiger partial charge < -0.3 is 15.0 Å². The lowest BCUT2D eigenvalue weighted by Crippen LogP contribution is -2.29. The second-order valence-electron chi connectivity index (χ2n) is 7.80. The summed E-state index contributed by atoms with van der Waals surface area (Å²) in [4.78, 5) is 6.72. The summed E-state index contributed by atoms with van der Waals surface area (Å²) in [6.07, 6.45) is 5.15. The number of anilines is 1. The SMILES string of the molecule is COc1ccc(N2C(=S)N[C@H](c3ccccn3)[C@H]2c2cc(C)n(-n3cnnc3)c2C)cc1Cl. The Balaban J connectivity index is 1.68. The summed E-state index contributed by atoms with van der Waals surface area (Å²) >= 11 is 12.3. The molecule has 33 heavy (non-hydrogen) atoms. The Hall–Kier alpha value is -3.43. The minimum absolute atomic E-state index is 0.158. The lowest BCUT2D eigenvalue weighted by Gasteiger charge is -2.28. The van der Waals surface area contributed by atoms with Crippen molar-refractivity contribution in [1.82, 2.24) is 29.9 Å². The fourth-order valence-electron chi connectivity index (χ4n) is 4.48. The molecule has 1 saturated heterocycles. The predicted molar refractivity (Wildman–Crippen MR) is 131 cm³/mol.